The smallest absolute Gasteiger partial charge is 0.309 e. The number of hydrogen-bond donors (Lipinski definition) is 3. The first-order chi connectivity index (χ1) is 16.0. The highest BCUT2D eigenvalue weighted by atomic mass is 16.5. The molecular weight excluding hydrogens is 416 g/mol. The molecule has 0 aliphatic carbocycles. The van der Waals surface area contributed by atoms with Gasteiger partial charge >= 0.3 is 5.97 Å². The van der Waals surface area contributed by atoms with Gasteiger partial charge in [0.05, 0.1) is 25.2 Å². The van der Waals surface area contributed by atoms with E-state index in [9.17, 15) is 20.1 Å². The highest BCUT2D eigenvalue weighted by Gasteiger charge is 2.36. The average Bonchev–Trinajstić information content (AvgIpc) is 2.82. The molecule has 0 aromatic rings. The Morgan fingerprint density at radius 3 is 1.55 bits per heavy atom. The summed E-state index contributed by atoms with van der Waals surface area (Å²) in [5, 5.41) is 30.0. The Morgan fingerprint density at radius 2 is 1.12 bits per heavy atom. The van der Waals surface area contributed by atoms with Gasteiger partial charge in [0.25, 0.3) is 0 Å². The third-order valence-electron chi connectivity index (χ3n) is 6.89. The zero-order valence-corrected chi connectivity index (χ0v) is 22.1. The van der Waals surface area contributed by atoms with Crippen LogP contribution in [0.1, 0.15) is 136 Å². The average molecular weight is 473 g/mol. The molecule has 0 bridgehead atoms. The molecule has 5 nitrogen and oxygen atoms in total. The van der Waals surface area contributed by atoms with Gasteiger partial charge in [-0.05, 0) is 19.8 Å². The molecule has 0 aromatic heterocycles. The van der Waals surface area contributed by atoms with Gasteiger partial charge in [0, 0.05) is 5.92 Å². The van der Waals surface area contributed by atoms with E-state index in [-0.39, 0.29) is 11.9 Å². The molecule has 33 heavy (non-hydrogen) atoms. The number of unbranched alkanes of at least 4 members (excludes halogenated alkanes) is 14. The SMILES string of the molecule is CCCCCCCCCCCCCCCC[C@H]([C@H](O)[C@@H](O)CO)[C@H](CCCC)C(=O)OCC. The van der Waals surface area contributed by atoms with Crippen molar-refractivity contribution in [2.45, 2.75) is 149 Å². The van der Waals surface area contributed by atoms with Crippen molar-refractivity contribution in [2.24, 2.45) is 11.8 Å². The van der Waals surface area contributed by atoms with Crippen LogP contribution in [0.25, 0.3) is 0 Å². The molecule has 0 spiro atoms. The molecule has 198 valence electrons. The van der Waals surface area contributed by atoms with E-state index in [0.29, 0.717) is 19.4 Å². The Hall–Kier alpha value is -0.650. The Morgan fingerprint density at radius 1 is 0.667 bits per heavy atom. The minimum atomic E-state index is -1.22. The van der Waals surface area contributed by atoms with Crippen LogP contribution in [-0.4, -0.2) is 46.7 Å². The molecule has 0 radical (unpaired) electrons. The predicted molar refractivity (Wildman–Crippen MR) is 137 cm³/mol. The van der Waals surface area contributed by atoms with Crippen LogP contribution in [0.15, 0.2) is 0 Å². The summed E-state index contributed by atoms with van der Waals surface area (Å²) >= 11 is 0. The fourth-order valence-corrected chi connectivity index (χ4v) is 4.76. The molecular formula is C28H56O5. The quantitative estimate of drug-likeness (QED) is 0.109. The van der Waals surface area contributed by atoms with Crippen LogP contribution < -0.4 is 0 Å². The van der Waals surface area contributed by atoms with Gasteiger partial charge in [0.2, 0.25) is 0 Å². The zero-order valence-electron chi connectivity index (χ0n) is 22.1. The van der Waals surface area contributed by atoms with Crippen LogP contribution in [-0.2, 0) is 9.53 Å². The van der Waals surface area contributed by atoms with E-state index in [1.807, 2.05) is 0 Å². The van der Waals surface area contributed by atoms with Crippen LogP contribution in [0.3, 0.4) is 0 Å². The van der Waals surface area contributed by atoms with Crippen LogP contribution in [0, 0.1) is 11.8 Å². The summed E-state index contributed by atoms with van der Waals surface area (Å²) in [6.45, 7) is 5.93. The molecule has 0 aliphatic rings. The number of carbonyl (C=O) groups excluding carboxylic acids is 1. The molecule has 3 N–H and O–H groups in total. The molecule has 0 aromatic carbocycles. The lowest BCUT2D eigenvalue weighted by Crippen LogP contribution is -2.42. The van der Waals surface area contributed by atoms with E-state index in [0.717, 1.165) is 25.7 Å². The maximum absolute atomic E-state index is 12.6. The Balaban J connectivity index is 4.26. The van der Waals surface area contributed by atoms with E-state index in [1.54, 1.807) is 6.92 Å². The van der Waals surface area contributed by atoms with E-state index in [4.69, 9.17) is 4.74 Å². The molecule has 0 aliphatic heterocycles. The lowest BCUT2D eigenvalue weighted by molar-refractivity contribution is -0.155. The number of hydrogen-bond acceptors (Lipinski definition) is 5. The zero-order chi connectivity index (χ0) is 24.7. The van der Waals surface area contributed by atoms with Crippen molar-refractivity contribution in [2.75, 3.05) is 13.2 Å². The van der Waals surface area contributed by atoms with Crippen molar-refractivity contribution in [3.05, 3.63) is 0 Å². The first kappa shape index (κ1) is 32.4. The standard InChI is InChI=1S/C28H56O5/c1-4-7-9-10-11-12-13-14-15-16-17-18-19-20-22-24(27(31)26(30)23-29)25(21-8-5-2)28(32)33-6-3/h24-27,29-31H,4-23H2,1-3H3/t24-,25-,26-,27-/m0/s1. The van der Waals surface area contributed by atoms with E-state index in [2.05, 4.69) is 13.8 Å². The Kier molecular flexibility index (Phi) is 22.7. The van der Waals surface area contributed by atoms with Crippen molar-refractivity contribution in [1.29, 1.82) is 0 Å². The number of rotatable bonds is 24. The van der Waals surface area contributed by atoms with E-state index >= 15 is 0 Å². The maximum Gasteiger partial charge on any atom is 0.309 e. The third-order valence-corrected chi connectivity index (χ3v) is 6.89. The minimum Gasteiger partial charge on any atom is -0.466 e. The molecule has 0 amide bonds. The highest BCUT2D eigenvalue weighted by Crippen LogP contribution is 2.30. The second kappa shape index (κ2) is 23.1. The Bertz CT molecular complexity index is 429. The molecule has 0 saturated heterocycles. The lowest BCUT2D eigenvalue weighted by Gasteiger charge is -2.32. The van der Waals surface area contributed by atoms with Crippen LogP contribution in [0.2, 0.25) is 0 Å². The van der Waals surface area contributed by atoms with Gasteiger partial charge in [-0.2, -0.15) is 0 Å². The van der Waals surface area contributed by atoms with Gasteiger partial charge in [0.15, 0.2) is 0 Å². The topological polar surface area (TPSA) is 87.0 Å². The van der Waals surface area contributed by atoms with Crippen LogP contribution in [0.5, 0.6) is 0 Å². The molecule has 0 rings (SSSR count). The molecule has 4 atom stereocenters. The number of esters is 1. The van der Waals surface area contributed by atoms with Gasteiger partial charge in [-0.25, -0.2) is 0 Å². The van der Waals surface area contributed by atoms with Crippen molar-refractivity contribution < 1.29 is 24.9 Å². The summed E-state index contributed by atoms with van der Waals surface area (Å²) in [5.41, 5.74) is 0. The second-order valence-corrected chi connectivity index (χ2v) is 9.79. The largest absolute Gasteiger partial charge is 0.466 e. The van der Waals surface area contributed by atoms with Gasteiger partial charge in [-0.15, -0.1) is 0 Å². The second-order valence-electron chi connectivity index (χ2n) is 9.79. The molecule has 0 fully saturated rings. The van der Waals surface area contributed by atoms with Gasteiger partial charge in [-0.1, -0.05) is 117 Å². The van der Waals surface area contributed by atoms with Crippen molar-refractivity contribution in [1.82, 2.24) is 0 Å². The number of aliphatic hydroxyl groups is 3. The normalized spacial score (nSPS) is 15.2. The predicted octanol–water partition coefficient (Wildman–Crippen LogP) is 6.56. The number of carbonyl (C=O) groups is 1. The van der Waals surface area contributed by atoms with Crippen molar-refractivity contribution in [3.63, 3.8) is 0 Å². The summed E-state index contributed by atoms with van der Waals surface area (Å²) < 4.78 is 5.28. The fourth-order valence-electron chi connectivity index (χ4n) is 4.76. The summed E-state index contributed by atoms with van der Waals surface area (Å²) in [6.07, 6.45) is 18.8. The van der Waals surface area contributed by atoms with Crippen LogP contribution >= 0.6 is 0 Å². The maximum atomic E-state index is 12.6. The van der Waals surface area contributed by atoms with Crippen molar-refractivity contribution >= 4 is 5.97 Å². The lowest BCUT2D eigenvalue weighted by atomic mass is 9.79. The van der Waals surface area contributed by atoms with Gasteiger partial charge in [-0.3, -0.25) is 4.79 Å². The van der Waals surface area contributed by atoms with Crippen molar-refractivity contribution in [3.8, 4) is 0 Å². The first-order valence-electron chi connectivity index (χ1n) is 14.2. The minimum absolute atomic E-state index is 0.287. The van der Waals surface area contributed by atoms with Gasteiger partial charge in [0.1, 0.15) is 6.10 Å². The van der Waals surface area contributed by atoms with Gasteiger partial charge < -0.3 is 20.1 Å². The molecule has 5 heteroatoms. The number of aliphatic hydroxyl groups excluding tert-OH is 3. The summed E-state index contributed by atoms with van der Waals surface area (Å²) in [4.78, 5) is 12.6. The third kappa shape index (κ3) is 16.6. The van der Waals surface area contributed by atoms with Crippen LogP contribution in [0.4, 0.5) is 0 Å². The monoisotopic (exact) mass is 472 g/mol. The summed E-state index contributed by atoms with van der Waals surface area (Å²) in [7, 11) is 0. The highest BCUT2D eigenvalue weighted by molar-refractivity contribution is 5.72. The summed E-state index contributed by atoms with van der Waals surface area (Å²) in [6, 6.07) is 0. The summed E-state index contributed by atoms with van der Waals surface area (Å²) in [5.74, 6) is -1.09. The first-order valence-corrected chi connectivity index (χ1v) is 14.2. The van der Waals surface area contributed by atoms with E-state index in [1.165, 1.54) is 77.0 Å². The molecule has 0 unspecified atom stereocenters. The molecule has 0 saturated carbocycles. The fraction of sp³-hybridized carbons (Fsp3) is 0.964. The molecule has 0 heterocycles. The Labute approximate surface area is 204 Å². The van der Waals surface area contributed by atoms with E-state index < -0.39 is 24.7 Å². The number of ether oxygens (including phenoxy) is 1.